The first kappa shape index (κ1) is 18.9. The van der Waals surface area contributed by atoms with Crippen molar-refractivity contribution in [2.75, 3.05) is 26.7 Å². The zero-order valence-corrected chi connectivity index (χ0v) is 15.9. The van der Waals surface area contributed by atoms with Gasteiger partial charge in [-0.3, -0.25) is 4.90 Å². The Morgan fingerprint density at radius 3 is 2.65 bits per heavy atom. The number of β-amino-alcohol motifs (C(OH)–C–C–N with tert-alkyl or cyclic N) is 2. The van der Waals surface area contributed by atoms with Gasteiger partial charge in [0.1, 0.15) is 11.4 Å². The first-order chi connectivity index (χ1) is 12.4. The van der Waals surface area contributed by atoms with Crippen molar-refractivity contribution >= 4 is 0 Å². The van der Waals surface area contributed by atoms with Crippen molar-refractivity contribution < 1.29 is 14.9 Å². The van der Waals surface area contributed by atoms with Gasteiger partial charge in [0.05, 0.1) is 13.2 Å². The van der Waals surface area contributed by atoms with Crippen molar-refractivity contribution in [3.05, 3.63) is 64.7 Å². The summed E-state index contributed by atoms with van der Waals surface area (Å²) in [7, 11) is 1.63. The average Bonchev–Trinajstić information content (AvgIpc) is 2.64. The van der Waals surface area contributed by atoms with Crippen LogP contribution in [0, 0.1) is 13.8 Å². The molecule has 2 N–H and O–H groups in total. The lowest BCUT2D eigenvalue weighted by molar-refractivity contribution is -0.0474. The van der Waals surface area contributed by atoms with Crippen LogP contribution in [0.1, 0.15) is 41.2 Å². The van der Waals surface area contributed by atoms with E-state index in [1.807, 2.05) is 30.3 Å². The summed E-state index contributed by atoms with van der Waals surface area (Å²) in [5.74, 6) is 0.714. The van der Waals surface area contributed by atoms with Crippen LogP contribution in [0.4, 0.5) is 0 Å². The van der Waals surface area contributed by atoms with E-state index >= 15 is 0 Å². The molecule has 3 rings (SSSR count). The van der Waals surface area contributed by atoms with E-state index in [0.29, 0.717) is 25.3 Å². The number of nitrogens with zero attached hydrogens (tertiary/aromatic N) is 1. The summed E-state index contributed by atoms with van der Waals surface area (Å²) in [5, 5.41) is 22.0. The molecule has 4 nitrogen and oxygen atoms in total. The quantitative estimate of drug-likeness (QED) is 0.864. The number of hydrogen-bond donors (Lipinski definition) is 2. The van der Waals surface area contributed by atoms with Crippen molar-refractivity contribution in [3.63, 3.8) is 0 Å². The van der Waals surface area contributed by atoms with Crippen molar-refractivity contribution in [2.24, 2.45) is 0 Å². The van der Waals surface area contributed by atoms with Crippen molar-refractivity contribution in [2.45, 2.75) is 38.4 Å². The molecule has 0 aromatic heterocycles. The molecule has 0 saturated carbocycles. The van der Waals surface area contributed by atoms with Gasteiger partial charge in [-0.05, 0) is 56.0 Å². The summed E-state index contributed by atoms with van der Waals surface area (Å²) in [6.45, 7) is 6.02. The Labute approximate surface area is 156 Å². The van der Waals surface area contributed by atoms with Crippen LogP contribution in [-0.4, -0.2) is 41.9 Å². The van der Waals surface area contributed by atoms with Crippen LogP contribution >= 0.6 is 0 Å². The topological polar surface area (TPSA) is 52.9 Å². The molecule has 0 bridgehead atoms. The van der Waals surface area contributed by atoms with Gasteiger partial charge in [-0.15, -0.1) is 0 Å². The zero-order valence-electron chi connectivity index (χ0n) is 15.9. The summed E-state index contributed by atoms with van der Waals surface area (Å²) in [6, 6.07) is 13.8. The highest BCUT2D eigenvalue weighted by Gasteiger charge is 2.37. The summed E-state index contributed by atoms with van der Waals surface area (Å²) in [5.41, 5.74) is 3.22. The second-order valence-electron chi connectivity index (χ2n) is 7.43. The molecular weight excluding hydrogens is 326 g/mol. The minimum atomic E-state index is -0.951. The molecule has 0 aliphatic carbocycles. The number of methoxy groups -OCH3 is 1. The zero-order chi connectivity index (χ0) is 18.7. The van der Waals surface area contributed by atoms with Gasteiger partial charge >= 0.3 is 0 Å². The number of aryl methyl sites for hydroxylation is 2. The van der Waals surface area contributed by atoms with Crippen LogP contribution in [0.3, 0.4) is 0 Å². The summed E-state index contributed by atoms with van der Waals surface area (Å²) < 4.78 is 5.45. The summed E-state index contributed by atoms with van der Waals surface area (Å²) >= 11 is 0. The van der Waals surface area contributed by atoms with Crippen LogP contribution < -0.4 is 4.74 Å². The smallest absolute Gasteiger partial charge is 0.124 e. The molecule has 0 amide bonds. The summed E-state index contributed by atoms with van der Waals surface area (Å²) in [4.78, 5) is 2.15. The number of benzene rings is 2. The molecule has 1 heterocycles. The fourth-order valence-corrected chi connectivity index (χ4v) is 3.85. The molecule has 1 aliphatic heterocycles. The van der Waals surface area contributed by atoms with Crippen LogP contribution in [0.25, 0.3) is 0 Å². The molecule has 1 fully saturated rings. The van der Waals surface area contributed by atoms with E-state index in [9.17, 15) is 10.2 Å². The lowest BCUT2D eigenvalue weighted by Crippen LogP contribution is -2.47. The number of hydrogen-bond acceptors (Lipinski definition) is 4. The molecule has 1 aliphatic rings. The van der Waals surface area contributed by atoms with E-state index in [1.165, 1.54) is 11.1 Å². The molecule has 140 valence electrons. The maximum absolute atomic E-state index is 11.3. The van der Waals surface area contributed by atoms with Crippen molar-refractivity contribution in [1.29, 1.82) is 0 Å². The summed E-state index contributed by atoms with van der Waals surface area (Å²) in [6.07, 6.45) is 1.02. The maximum atomic E-state index is 11.3. The highest BCUT2D eigenvalue weighted by Crippen LogP contribution is 2.37. The fraction of sp³-hybridized carbons (Fsp3) is 0.455. The normalized spacial score (nSPS) is 22.2. The van der Waals surface area contributed by atoms with Crippen LogP contribution in [0.2, 0.25) is 0 Å². The number of ether oxygens (including phenoxy) is 1. The molecule has 1 saturated heterocycles. The second kappa shape index (κ2) is 7.78. The molecule has 0 unspecified atom stereocenters. The fourth-order valence-electron chi connectivity index (χ4n) is 3.85. The van der Waals surface area contributed by atoms with Crippen LogP contribution in [-0.2, 0) is 5.60 Å². The van der Waals surface area contributed by atoms with E-state index in [-0.39, 0.29) is 0 Å². The third-order valence-corrected chi connectivity index (χ3v) is 5.51. The predicted octanol–water partition coefficient (Wildman–Crippen LogP) is 3.33. The van der Waals surface area contributed by atoms with E-state index in [1.54, 1.807) is 7.11 Å². The van der Waals surface area contributed by atoms with Crippen molar-refractivity contribution in [1.82, 2.24) is 4.90 Å². The van der Waals surface area contributed by atoms with Gasteiger partial charge in [-0.2, -0.15) is 0 Å². The van der Waals surface area contributed by atoms with Gasteiger partial charge in [0.25, 0.3) is 0 Å². The Hall–Kier alpha value is -1.88. The molecule has 0 radical (unpaired) electrons. The van der Waals surface area contributed by atoms with E-state index < -0.39 is 11.7 Å². The van der Waals surface area contributed by atoms with Gasteiger partial charge < -0.3 is 14.9 Å². The molecule has 2 aromatic carbocycles. The number of rotatable bonds is 5. The molecule has 2 aromatic rings. The maximum Gasteiger partial charge on any atom is 0.124 e. The average molecular weight is 355 g/mol. The third kappa shape index (κ3) is 3.93. The Morgan fingerprint density at radius 2 is 1.92 bits per heavy atom. The van der Waals surface area contributed by atoms with Gasteiger partial charge in [0.2, 0.25) is 0 Å². The Kier molecular flexibility index (Phi) is 5.66. The monoisotopic (exact) mass is 355 g/mol. The van der Waals surface area contributed by atoms with Crippen LogP contribution in [0.15, 0.2) is 42.5 Å². The standard InChI is InChI=1S/C22H29NO3/c1-16-9-10-18(13-17(16)2)20(24)14-23-12-6-11-22(25,15-23)19-7-4-5-8-21(19)26-3/h4-5,7-10,13,20,24-25H,6,11-12,14-15H2,1-3H3/t20-,22+/m1/s1. The van der Waals surface area contributed by atoms with Gasteiger partial charge in [0, 0.05) is 18.7 Å². The lowest BCUT2D eigenvalue weighted by atomic mass is 9.85. The number of piperidine rings is 1. The minimum absolute atomic E-state index is 0.495. The predicted molar refractivity (Wildman–Crippen MR) is 103 cm³/mol. The van der Waals surface area contributed by atoms with Crippen molar-refractivity contribution in [3.8, 4) is 5.75 Å². The Bertz CT molecular complexity index is 761. The van der Waals surface area contributed by atoms with Gasteiger partial charge in [-0.25, -0.2) is 0 Å². The number of para-hydroxylation sites is 1. The van der Waals surface area contributed by atoms with Gasteiger partial charge in [0.15, 0.2) is 0 Å². The third-order valence-electron chi connectivity index (χ3n) is 5.51. The molecule has 26 heavy (non-hydrogen) atoms. The van der Waals surface area contributed by atoms with E-state index in [0.717, 1.165) is 24.1 Å². The highest BCUT2D eigenvalue weighted by atomic mass is 16.5. The second-order valence-corrected chi connectivity index (χ2v) is 7.43. The Balaban J connectivity index is 1.74. The largest absolute Gasteiger partial charge is 0.496 e. The van der Waals surface area contributed by atoms with Gasteiger partial charge in [-0.1, -0.05) is 36.4 Å². The number of likely N-dealkylation sites (tertiary alicyclic amines) is 1. The molecular formula is C22H29NO3. The molecule has 4 heteroatoms. The number of aliphatic hydroxyl groups is 2. The highest BCUT2D eigenvalue weighted by molar-refractivity contribution is 5.38. The SMILES string of the molecule is COc1ccccc1[C@]1(O)CCCN(C[C@@H](O)c2ccc(C)c(C)c2)C1. The van der Waals surface area contributed by atoms with E-state index in [2.05, 4.69) is 30.9 Å². The van der Waals surface area contributed by atoms with E-state index in [4.69, 9.17) is 4.74 Å². The molecule has 2 atom stereocenters. The molecule has 0 spiro atoms. The first-order valence-electron chi connectivity index (χ1n) is 9.26. The number of aliphatic hydroxyl groups excluding tert-OH is 1. The van der Waals surface area contributed by atoms with Crippen LogP contribution in [0.5, 0.6) is 5.75 Å². The lowest BCUT2D eigenvalue weighted by Gasteiger charge is -2.40. The Morgan fingerprint density at radius 1 is 1.15 bits per heavy atom. The first-order valence-corrected chi connectivity index (χ1v) is 9.26. The minimum Gasteiger partial charge on any atom is -0.496 e.